The van der Waals surface area contributed by atoms with Gasteiger partial charge < -0.3 is 0 Å². The summed E-state index contributed by atoms with van der Waals surface area (Å²) < 4.78 is 0. The van der Waals surface area contributed by atoms with E-state index < -0.39 is 0 Å². The molecule has 0 saturated carbocycles. The van der Waals surface area contributed by atoms with Crippen LogP contribution in [0.2, 0.25) is 0 Å². The third-order valence-electron chi connectivity index (χ3n) is 3.27. The Kier molecular flexibility index (Phi) is 2.15. The van der Waals surface area contributed by atoms with Crippen LogP contribution in [0.25, 0.3) is 0 Å². The van der Waals surface area contributed by atoms with E-state index in [4.69, 9.17) is 0 Å². The van der Waals surface area contributed by atoms with Crippen molar-refractivity contribution in [2.75, 3.05) is 0 Å². The van der Waals surface area contributed by atoms with Gasteiger partial charge in [-0.25, -0.2) is 0 Å². The summed E-state index contributed by atoms with van der Waals surface area (Å²) >= 11 is 0. The summed E-state index contributed by atoms with van der Waals surface area (Å²) in [6.07, 6.45) is 2.60. The van der Waals surface area contributed by atoms with Crippen LogP contribution < -0.4 is 0 Å². The molecular formula is C13H18. The predicted octanol–water partition coefficient (Wildman–Crippen LogP) is 3.37. The van der Waals surface area contributed by atoms with Crippen molar-refractivity contribution >= 4 is 0 Å². The van der Waals surface area contributed by atoms with Gasteiger partial charge in [-0.3, -0.25) is 0 Å². The molecule has 0 bridgehead atoms. The average Bonchev–Trinajstić information content (AvgIpc) is 2.46. The highest BCUT2D eigenvalue weighted by Gasteiger charge is 2.23. The van der Waals surface area contributed by atoms with Crippen LogP contribution in [0.4, 0.5) is 0 Å². The van der Waals surface area contributed by atoms with E-state index in [1.54, 1.807) is 11.1 Å². The summed E-state index contributed by atoms with van der Waals surface area (Å²) in [5.74, 6) is 1.71. The van der Waals surface area contributed by atoms with Crippen molar-refractivity contribution in [2.45, 2.75) is 33.6 Å². The summed E-state index contributed by atoms with van der Waals surface area (Å²) in [7, 11) is 0. The monoisotopic (exact) mass is 174 g/mol. The molecule has 1 atom stereocenters. The molecule has 1 aliphatic rings. The maximum Gasteiger partial charge on any atom is -0.0242 e. The first kappa shape index (κ1) is 8.80. The molecular weight excluding hydrogens is 156 g/mol. The number of benzene rings is 1. The zero-order valence-corrected chi connectivity index (χ0v) is 8.80. The van der Waals surface area contributed by atoms with Crippen molar-refractivity contribution in [1.29, 1.82) is 0 Å². The summed E-state index contributed by atoms with van der Waals surface area (Å²) in [5.41, 5.74) is 4.59. The molecule has 0 heteroatoms. The molecule has 1 aromatic carbocycles. The van der Waals surface area contributed by atoms with Crippen molar-refractivity contribution in [2.24, 2.45) is 11.8 Å². The van der Waals surface area contributed by atoms with Crippen LogP contribution in [0.15, 0.2) is 18.2 Å². The second-order valence-electron chi connectivity index (χ2n) is 4.68. The second kappa shape index (κ2) is 3.17. The average molecular weight is 174 g/mol. The zero-order valence-electron chi connectivity index (χ0n) is 8.80. The normalized spacial score (nSPS) is 20.8. The predicted molar refractivity (Wildman–Crippen MR) is 56.9 cm³/mol. The number of rotatable bonds is 1. The van der Waals surface area contributed by atoms with Gasteiger partial charge in [-0.05, 0) is 42.7 Å². The molecule has 0 saturated heterocycles. The van der Waals surface area contributed by atoms with Gasteiger partial charge in [-0.2, -0.15) is 0 Å². The standard InChI is InChI=1S/C13H18/c1-9(2)12-7-11-5-4-10(3)6-13(11)8-12/h4-6,9,12H,7-8H2,1-3H3. The first-order valence-electron chi connectivity index (χ1n) is 5.25. The number of fused-ring (bicyclic) bond motifs is 1. The second-order valence-corrected chi connectivity index (χ2v) is 4.68. The van der Waals surface area contributed by atoms with E-state index in [0.29, 0.717) is 0 Å². The van der Waals surface area contributed by atoms with Crippen LogP contribution in [-0.4, -0.2) is 0 Å². The molecule has 1 aliphatic carbocycles. The molecule has 2 rings (SSSR count). The van der Waals surface area contributed by atoms with Crippen LogP contribution in [-0.2, 0) is 12.8 Å². The molecule has 0 N–H and O–H groups in total. The van der Waals surface area contributed by atoms with Gasteiger partial charge >= 0.3 is 0 Å². The van der Waals surface area contributed by atoms with E-state index in [9.17, 15) is 0 Å². The molecule has 0 amide bonds. The lowest BCUT2D eigenvalue weighted by molar-refractivity contribution is 0.404. The maximum atomic E-state index is 2.36. The van der Waals surface area contributed by atoms with E-state index >= 15 is 0 Å². The van der Waals surface area contributed by atoms with Crippen LogP contribution >= 0.6 is 0 Å². The summed E-state index contributed by atoms with van der Waals surface area (Å²) in [6.45, 7) is 6.86. The Morgan fingerprint density at radius 3 is 2.54 bits per heavy atom. The Labute approximate surface area is 81.0 Å². The van der Waals surface area contributed by atoms with E-state index in [0.717, 1.165) is 11.8 Å². The minimum atomic E-state index is 0.827. The van der Waals surface area contributed by atoms with Gasteiger partial charge in [0.2, 0.25) is 0 Å². The molecule has 0 heterocycles. The molecule has 0 aromatic heterocycles. The number of hydrogen-bond donors (Lipinski definition) is 0. The van der Waals surface area contributed by atoms with E-state index in [1.165, 1.54) is 18.4 Å². The van der Waals surface area contributed by atoms with E-state index in [1.807, 2.05) is 0 Å². The number of hydrogen-bond acceptors (Lipinski definition) is 0. The Morgan fingerprint density at radius 1 is 1.15 bits per heavy atom. The van der Waals surface area contributed by atoms with Crippen molar-refractivity contribution in [3.8, 4) is 0 Å². The van der Waals surface area contributed by atoms with Gasteiger partial charge in [0.25, 0.3) is 0 Å². The zero-order chi connectivity index (χ0) is 9.42. The van der Waals surface area contributed by atoms with E-state index in [2.05, 4.69) is 39.0 Å². The third-order valence-corrected chi connectivity index (χ3v) is 3.27. The molecule has 0 fully saturated rings. The molecule has 1 aromatic rings. The lowest BCUT2D eigenvalue weighted by Crippen LogP contribution is -2.07. The fourth-order valence-corrected chi connectivity index (χ4v) is 2.25. The molecule has 70 valence electrons. The van der Waals surface area contributed by atoms with Crippen molar-refractivity contribution < 1.29 is 0 Å². The SMILES string of the molecule is Cc1ccc2c(c1)CC(C(C)C)C2. The molecule has 0 aliphatic heterocycles. The molecule has 1 unspecified atom stereocenters. The maximum absolute atomic E-state index is 2.36. The fourth-order valence-electron chi connectivity index (χ4n) is 2.25. The van der Waals surface area contributed by atoms with E-state index in [-0.39, 0.29) is 0 Å². The highest BCUT2D eigenvalue weighted by atomic mass is 14.3. The summed E-state index contributed by atoms with van der Waals surface area (Å²) in [6, 6.07) is 6.91. The van der Waals surface area contributed by atoms with Gasteiger partial charge in [-0.1, -0.05) is 37.6 Å². The lowest BCUT2D eigenvalue weighted by Gasteiger charge is -2.12. The van der Waals surface area contributed by atoms with Gasteiger partial charge in [0.1, 0.15) is 0 Å². The Bertz CT molecular complexity index is 310. The minimum absolute atomic E-state index is 0.827. The minimum Gasteiger partial charge on any atom is -0.0625 e. The van der Waals surface area contributed by atoms with Gasteiger partial charge in [0.15, 0.2) is 0 Å². The topological polar surface area (TPSA) is 0 Å². The Hall–Kier alpha value is -0.780. The fraction of sp³-hybridized carbons (Fsp3) is 0.538. The van der Waals surface area contributed by atoms with Crippen molar-refractivity contribution in [1.82, 2.24) is 0 Å². The van der Waals surface area contributed by atoms with Gasteiger partial charge in [0.05, 0.1) is 0 Å². The molecule has 0 radical (unpaired) electrons. The van der Waals surface area contributed by atoms with Crippen molar-refractivity contribution in [3.63, 3.8) is 0 Å². The summed E-state index contributed by atoms with van der Waals surface area (Å²) in [4.78, 5) is 0. The van der Waals surface area contributed by atoms with Crippen LogP contribution in [0.3, 0.4) is 0 Å². The smallest absolute Gasteiger partial charge is 0.0242 e. The lowest BCUT2D eigenvalue weighted by atomic mass is 9.93. The molecule has 0 nitrogen and oxygen atoms in total. The molecule has 0 spiro atoms. The highest BCUT2D eigenvalue weighted by Crippen LogP contribution is 2.31. The summed E-state index contributed by atoms with van der Waals surface area (Å²) in [5, 5.41) is 0. The Balaban J connectivity index is 2.25. The van der Waals surface area contributed by atoms with Gasteiger partial charge in [-0.15, -0.1) is 0 Å². The highest BCUT2D eigenvalue weighted by molar-refractivity contribution is 5.35. The Morgan fingerprint density at radius 2 is 1.85 bits per heavy atom. The van der Waals surface area contributed by atoms with Crippen LogP contribution in [0.1, 0.15) is 30.5 Å². The largest absolute Gasteiger partial charge is 0.0625 e. The third kappa shape index (κ3) is 1.63. The first-order chi connectivity index (χ1) is 6.16. The van der Waals surface area contributed by atoms with Gasteiger partial charge in [0, 0.05) is 0 Å². The van der Waals surface area contributed by atoms with Crippen LogP contribution in [0.5, 0.6) is 0 Å². The quantitative estimate of drug-likeness (QED) is 0.612. The molecule has 13 heavy (non-hydrogen) atoms. The van der Waals surface area contributed by atoms with Crippen molar-refractivity contribution in [3.05, 3.63) is 34.9 Å². The first-order valence-corrected chi connectivity index (χ1v) is 5.25. The van der Waals surface area contributed by atoms with Crippen LogP contribution in [0, 0.1) is 18.8 Å². The number of aryl methyl sites for hydroxylation is 1.